The average molecular weight is 604 g/mol. The molecule has 0 aliphatic carbocycles. The monoisotopic (exact) mass is 603 g/mol. The Balaban J connectivity index is 0.962. The minimum Gasteiger partial charge on any atom is -0.476 e. The molecule has 7 rings (SSSR count). The Hall–Kier alpha value is -4.86. The number of nitrogens with zero attached hydrogens (tertiary/aromatic N) is 7. The Bertz CT molecular complexity index is 1720. The van der Waals surface area contributed by atoms with E-state index in [2.05, 4.69) is 56.4 Å². The van der Waals surface area contributed by atoms with E-state index in [0.29, 0.717) is 12.3 Å². The highest BCUT2D eigenvalue weighted by Crippen LogP contribution is 2.38. The number of aromatic carboxylic acids is 1. The molecule has 0 atom stereocenters. The van der Waals surface area contributed by atoms with Crippen molar-refractivity contribution in [3.05, 3.63) is 83.4 Å². The van der Waals surface area contributed by atoms with Gasteiger partial charge in [-0.2, -0.15) is 0 Å². The van der Waals surface area contributed by atoms with Gasteiger partial charge in [0.2, 0.25) is 5.91 Å². The van der Waals surface area contributed by atoms with Gasteiger partial charge in [-0.25, -0.2) is 4.79 Å². The van der Waals surface area contributed by atoms with Gasteiger partial charge >= 0.3 is 5.97 Å². The van der Waals surface area contributed by atoms with E-state index in [9.17, 15) is 9.59 Å². The number of hydrogen-bond donors (Lipinski definition) is 1. The summed E-state index contributed by atoms with van der Waals surface area (Å²) >= 11 is 0. The van der Waals surface area contributed by atoms with Crippen LogP contribution in [0.25, 0.3) is 11.3 Å². The molecule has 1 N–H and O–H groups in total. The summed E-state index contributed by atoms with van der Waals surface area (Å²) in [7, 11) is 1.86. The molecular formula is C35H37N7O3. The fourth-order valence-corrected chi connectivity index (χ4v) is 6.85. The van der Waals surface area contributed by atoms with Crippen LogP contribution in [-0.2, 0) is 24.1 Å². The second-order valence-corrected chi connectivity index (χ2v) is 12.3. The number of piperidine rings is 1. The summed E-state index contributed by atoms with van der Waals surface area (Å²) < 4.78 is 0. The highest BCUT2D eigenvalue weighted by molar-refractivity contribution is 5.96. The Morgan fingerprint density at radius 3 is 2.49 bits per heavy atom. The molecule has 10 nitrogen and oxygen atoms in total. The number of amides is 1. The van der Waals surface area contributed by atoms with Crippen LogP contribution in [0.15, 0.2) is 60.9 Å². The van der Waals surface area contributed by atoms with Crippen LogP contribution in [0.3, 0.4) is 0 Å². The van der Waals surface area contributed by atoms with Crippen molar-refractivity contribution in [3.8, 4) is 11.3 Å². The lowest BCUT2D eigenvalue weighted by molar-refractivity contribution is -0.118. The minimum absolute atomic E-state index is 0.0309. The van der Waals surface area contributed by atoms with Crippen molar-refractivity contribution >= 4 is 34.8 Å². The zero-order valence-corrected chi connectivity index (χ0v) is 25.5. The largest absolute Gasteiger partial charge is 0.476 e. The molecule has 0 radical (unpaired) electrons. The number of hydrogen-bond acceptors (Lipinski definition) is 8. The number of benzene rings is 1. The van der Waals surface area contributed by atoms with Crippen molar-refractivity contribution in [3.63, 3.8) is 0 Å². The molecule has 4 aromatic rings. The predicted molar refractivity (Wildman–Crippen MR) is 173 cm³/mol. The lowest BCUT2D eigenvalue weighted by Gasteiger charge is -2.33. The van der Waals surface area contributed by atoms with Crippen molar-refractivity contribution in [2.75, 3.05) is 41.4 Å². The zero-order valence-electron chi connectivity index (χ0n) is 25.5. The van der Waals surface area contributed by atoms with Gasteiger partial charge in [0.05, 0.1) is 17.6 Å². The maximum atomic E-state index is 12.1. The summed E-state index contributed by atoms with van der Waals surface area (Å²) in [5, 5.41) is 17.0. The van der Waals surface area contributed by atoms with Gasteiger partial charge < -0.3 is 19.8 Å². The summed E-state index contributed by atoms with van der Waals surface area (Å²) in [5.41, 5.74) is 8.90. The van der Waals surface area contributed by atoms with Crippen molar-refractivity contribution in [2.45, 2.75) is 51.4 Å². The standard InChI is InChI=1S/C35H37N7O3/c1-40-31-11-9-28(19-25(31)6-13-34(40)43)42-16-2-3-24-20-30(37-22-32(24)42)26-5-8-27(36-21-26)7-4-23-14-17-41(18-15-23)33-12-10-29(35(44)45)38-39-33/h5,8-12,19-23H,2-4,6-7,13-18H2,1H3,(H,44,45). The highest BCUT2D eigenvalue weighted by atomic mass is 16.4. The normalized spacial score (nSPS) is 16.8. The van der Waals surface area contributed by atoms with Crippen LogP contribution in [0.5, 0.6) is 0 Å². The molecule has 0 unspecified atom stereocenters. The summed E-state index contributed by atoms with van der Waals surface area (Å²) in [6, 6.07) is 16.2. The SMILES string of the molecule is CN1C(=O)CCc2cc(N3CCCc4cc(-c5ccc(CCC6CCN(c7ccc(C(=O)O)nn7)CC6)nc5)ncc43)ccc21. The number of carbonyl (C=O) groups excluding carboxylic acids is 1. The topological polar surface area (TPSA) is 116 Å². The van der Waals surface area contributed by atoms with E-state index >= 15 is 0 Å². The van der Waals surface area contributed by atoms with E-state index in [4.69, 9.17) is 15.1 Å². The number of aryl methyl sites for hydroxylation is 3. The van der Waals surface area contributed by atoms with E-state index in [1.807, 2.05) is 19.4 Å². The van der Waals surface area contributed by atoms with Gasteiger partial charge in [0.1, 0.15) is 0 Å². The Morgan fingerprint density at radius 1 is 0.889 bits per heavy atom. The van der Waals surface area contributed by atoms with Gasteiger partial charge in [-0.05, 0) is 111 Å². The first-order valence-electron chi connectivity index (χ1n) is 15.9. The number of fused-ring (bicyclic) bond motifs is 2. The second-order valence-electron chi connectivity index (χ2n) is 12.3. The molecule has 0 spiro atoms. The van der Waals surface area contributed by atoms with Crippen LogP contribution < -0.4 is 14.7 Å². The number of pyridine rings is 2. The maximum Gasteiger partial charge on any atom is 0.356 e. The number of rotatable bonds is 7. The molecule has 3 aliphatic rings. The molecule has 230 valence electrons. The lowest BCUT2D eigenvalue weighted by atomic mass is 9.91. The van der Waals surface area contributed by atoms with E-state index in [0.717, 1.165) is 104 Å². The molecule has 1 aromatic carbocycles. The summed E-state index contributed by atoms with van der Waals surface area (Å²) in [4.78, 5) is 39.1. The van der Waals surface area contributed by atoms with Crippen LogP contribution in [0, 0.1) is 5.92 Å². The molecule has 0 bridgehead atoms. The molecule has 3 aromatic heterocycles. The quantitative estimate of drug-likeness (QED) is 0.293. The molecule has 1 fully saturated rings. The third kappa shape index (κ3) is 5.96. The van der Waals surface area contributed by atoms with Crippen LogP contribution in [0.4, 0.5) is 22.9 Å². The predicted octanol–water partition coefficient (Wildman–Crippen LogP) is 5.47. The molecule has 45 heavy (non-hydrogen) atoms. The number of carboxylic acid groups (broad SMARTS) is 1. The Morgan fingerprint density at radius 2 is 1.73 bits per heavy atom. The van der Waals surface area contributed by atoms with E-state index in [1.54, 1.807) is 11.0 Å². The lowest BCUT2D eigenvalue weighted by Crippen LogP contribution is -2.34. The fraction of sp³-hybridized carbons (Fsp3) is 0.371. The number of carbonyl (C=O) groups is 2. The van der Waals surface area contributed by atoms with Gasteiger partial charge in [0, 0.05) is 61.9 Å². The van der Waals surface area contributed by atoms with Gasteiger partial charge in [0.25, 0.3) is 0 Å². The molecular weight excluding hydrogens is 566 g/mol. The third-order valence-electron chi connectivity index (χ3n) is 9.54. The Kier molecular flexibility index (Phi) is 7.87. The van der Waals surface area contributed by atoms with E-state index in [-0.39, 0.29) is 11.6 Å². The van der Waals surface area contributed by atoms with Gasteiger partial charge in [-0.15, -0.1) is 10.2 Å². The van der Waals surface area contributed by atoms with Crippen LogP contribution >= 0.6 is 0 Å². The molecule has 1 saturated heterocycles. The van der Waals surface area contributed by atoms with Crippen molar-refractivity contribution in [1.82, 2.24) is 20.2 Å². The van der Waals surface area contributed by atoms with E-state index in [1.165, 1.54) is 17.2 Å². The highest BCUT2D eigenvalue weighted by Gasteiger charge is 2.25. The average Bonchev–Trinajstić information content (AvgIpc) is 3.09. The number of aromatic nitrogens is 4. The van der Waals surface area contributed by atoms with Crippen molar-refractivity contribution < 1.29 is 14.7 Å². The minimum atomic E-state index is -1.06. The van der Waals surface area contributed by atoms with E-state index < -0.39 is 5.97 Å². The molecule has 0 saturated carbocycles. The fourth-order valence-electron chi connectivity index (χ4n) is 6.85. The number of anilines is 4. The molecule has 3 aliphatic heterocycles. The second kappa shape index (κ2) is 12.3. The van der Waals surface area contributed by atoms with Gasteiger partial charge in [-0.1, -0.05) is 0 Å². The van der Waals surface area contributed by atoms with Crippen LogP contribution in [0.2, 0.25) is 0 Å². The zero-order chi connectivity index (χ0) is 30.9. The van der Waals surface area contributed by atoms with Crippen LogP contribution in [0.1, 0.15) is 59.4 Å². The maximum absolute atomic E-state index is 12.1. The summed E-state index contributed by atoms with van der Waals surface area (Å²) in [5.74, 6) is 0.480. The van der Waals surface area contributed by atoms with Crippen molar-refractivity contribution in [1.29, 1.82) is 0 Å². The van der Waals surface area contributed by atoms with Gasteiger partial charge in [-0.3, -0.25) is 14.8 Å². The molecule has 1 amide bonds. The summed E-state index contributed by atoms with van der Waals surface area (Å²) in [6.45, 7) is 2.74. The smallest absolute Gasteiger partial charge is 0.356 e. The molecule has 10 heteroatoms. The van der Waals surface area contributed by atoms with Gasteiger partial charge in [0.15, 0.2) is 11.5 Å². The van der Waals surface area contributed by atoms with Crippen molar-refractivity contribution in [2.24, 2.45) is 5.92 Å². The Labute approximate surface area is 262 Å². The summed E-state index contributed by atoms with van der Waals surface area (Å²) in [6.07, 6.45) is 11.6. The molecule has 6 heterocycles. The first-order chi connectivity index (χ1) is 21.9. The van der Waals surface area contributed by atoms with Crippen LogP contribution in [-0.4, -0.2) is 63.8 Å². The number of carboxylic acids is 1. The first kappa shape index (κ1) is 28.9. The first-order valence-corrected chi connectivity index (χ1v) is 15.9. The third-order valence-corrected chi connectivity index (χ3v) is 9.54.